The molecule has 4 aromatic heterocycles. The number of anilines is 2. The Morgan fingerprint density at radius 1 is 0.723 bits per heavy atom. The maximum absolute atomic E-state index is 16.7. The summed E-state index contributed by atoms with van der Waals surface area (Å²) in [5.41, 5.74) is 3.80. The predicted octanol–water partition coefficient (Wildman–Crippen LogP) is 1.79. The lowest BCUT2D eigenvalue weighted by Gasteiger charge is -2.26. The second-order valence-electron chi connectivity index (χ2n) is 23.7. The van der Waals surface area contributed by atoms with Gasteiger partial charge in [-0.2, -0.15) is 0 Å². The van der Waals surface area contributed by atoms with Crippen LogP contribution in [0, 0.1) is 11.8 Å². The molecule has 0 aliphatic carbocycles. The number of alkyl halides is 1. The molecule has 3 saturated heterocycles. The molecule has 9 heterocycles. The number of ether oxygens (including phenoxy) is 3. The van der Waals surface area contributed by atoms with Crippen LogP contribution in [-0.4, -0.2) is 182 Å². The average Bonchev–Trinajstić information content (AvgIpc) is 1.62. The molecule has 12 rings (SSSR count). The number of carbonyl (C=O) groups is 7. The second-order valence-corrected chi connectivity index (χ2v) is 29.5. The van der Waals surface area contributed by atoms with Gasteiger partial charge >= 0.3 is 13.6 Å². The third-order valence-corrected chi connectivity index (χ3v) is 20.1. The molecule has 8 N–H and O–H groups in total. The number of rotatable bonds is 22. The van der Waals surface area contributed by atoms with Crippen LogP contribution in [0.15, 0.2) is 109 Å². The highest BCUT2D eigenvalue weighted by Gasteiger charge is 2.54. The number of benzene rings is 3. The van der Waals surface area contributed by atoms with Crippen LogP contribution in [0.25, 0.3) is 22.2 Å². The highest BCUT2D eigenvalue weighted by Crippen LogP contribution is 2.60. The van der Waals surface area contributed by atoms with Crippen LogP contribution in [0.2, 0.25) is 0 Å². The van der Waals surface area contributed by atoms with E-state index in [0.717, 1.165) is 40.3 Å². The summed E-state index contributed by atoms with van der Waals surface area (Å²) in [5.74, 6) is 2.38. The number of nitrogens with one attached hydrogen (secondary N) is 7. The van der Waals surface area contributed by atoms with Gasteiger partial charge in [-0.25, -0.2) is 33.5 Å². The number of para-hydroxylation sites is 1. The Morgan fingerprint density at radius 3 is 2.23 bits per heavy atom. The zero-order chi connectivity index (χ0) is 71.0. The van der Waals surface area contributed by atoms with Gasteiger partial charge in [-0.1, -0.05) is 97.0 Å². The number of carbonyl (C=O) groups excluding carboxylic acids is 7. The minimum atomic E-state index is -4.56. The van der Waals surface area contributed by atoms with Crippen molar-refractivity contribution in [2.45, 2.75) is 100 Å². The van der Waals surface area contributed by atoms with E-state index in [9.17, 15) is 52.6 Å². The van der Waals surface area contributed by atoms with Crippen molar-refractivity contribution in [3.05, 3.63) is 142 Å². The zero-order valence-electron chi connectivity index (χ0n) is 53.5. The molecule has 101 heavy (non-hydrogen) atoms. The van der Waals surface area contributed by atoms with Gasteiger partial charge in [0.15, 0.2) is 29.8 Å². The number of halogens is 1. The van der Waals surface area contributed by atoms with Gasteiger partial charge in [0.1, 0.15) is 74.0 Å². The Hall–Kier alpha value is -8.95. The molecule has 38 heteroatoms. The number of aliphatic hydroxyl groups excluding tert-OH is 1. The van der Waals surface area contributed by atoms with Crippen molar-refractivity contribution in [1.82, 2.24) is 65.5 Å². The maximum Gasteiger partial charge on any atom is 0.386 e. The van der Waals surface area contributed by atoms with Crippen LogP contribution in [-0.2, 0) is 101 Å². The Morgan fingerprint density at radius 2 is 1.42 bits per heavy atom. The Bertz CT molecular complexity index is 4540. The quantitative estimate of drug-likeness (QED) is 0.0152. The van der Waals surface area contributed by atoms with E-state index in [1.165, 1.54) is 15.5 Å². The Labute approximate surface area is 584 Å². The highest BCUT2D eigenvalue weighted by atomic mass is 32.7. The standard InChI is InChI=1S/C63H68FN15O18P2S2/c64-52-55-44(95-62(52)78-28-40-14-8-20-66-57-51(40)58(78)71-32-70-57)30-93-99(90,101)97-56-54(86)43(29-92-98(89,100)96-55)94-63(56)79-34-72-53-59(79)73-33-76(61(53)88)22-21-65-49(84)31-91-35-74-47(82)25-69-60(87)41(23-36-9-2-1-3-10-36)75-48(83)26-68-46(81)24-67-45(80)18-19-50(85)77-27-39-13-5-4-11-37(39)16-17-38-12-6-7-15-42(38)77/h1-7,9-13,15,28,32-34,41,43-44,52,54-56,62-63,86H,8,14,18-27,29-31,35H2,(H,65,84)(H,67,80)(H,68,81)(H,69,87)(H,74,82)(H,75,83)(H,89,100)(H,90,101)(H,66,70,71)/t41-,43+,44+,52+,54+,55+,56+,62+,63+,98?,99?/m0/s1. The number of aryl methyl sites for hydroxylation is 1. The van der Waals surface area contributed by atoms with Gasteiger partial charge in [0.05, 0.1) is 56.8 Å². The van der Waals surface area contributed by atoms with Crippen LogP contribution < -0.4 is 47.7 Å². The van der Waals surface area contributed by atoms with Gasteiger partial charge in [0, 0.05) is 56.2 Å². The fraction of sp³-hybridized carbons (Fsp3) is 0.397. The SMILES string of the molecule is O=C(CCC(=O)N1Cc2ccccc2C#Cc2ccccc21)NCC(=O)NCC(=O)N[C@@H](Cc1ccccc1)C(=O)NCC(=O)NCOCC(=O)NCCn1cnc2c(ncn2[C@@H]2O[C@@H]3COP(=O)(S)O[C@H]4[C@@H](F)[C@H](n5cc6c7c(ncnc75)NCCC6)O[C@@H]4COP(=O)(S)O[C@@H]2[C@@H]3O)c1=O. The van der Waals surface area contributed by atoms with E-state index in [-0.39, 0.29) is 56.0 Å². The molecule has 5 aliphatic rings. The maximum atomic E-state index is 16.7. The van der Waals surface area contributed by atoms with E-state index in [2.05, 4.69) is 93.5 Å². The second kappa shape index (κ2) is 31.9. The molecule has 3 fully saturated rings. The molecule has 2 bridgehead atoms. The molecule has 7 aromatic rings. The van der Waals surface area contributed by atoms with Crippen LogP contribution in [0.1, 0.15) is 59.5 Å². The number of nitrogens with zero attached hydrogens (tertiary/aromatic N) is 8. The molecule has 2 unspecified atom stereocenters. The Kier molecular flexibility index (Phi) is 22.7. The lowest BCUT2D eigenvalue weighted by atomic mass is 10.0. The number of fused-ring (bicyclic) bond motifs is 6. The summed E-state index contributed by atoms with van der Waals surface area (Å²) >= 11 is 8.30. The lowest BCUT2D eigenvalue weighted by molar-refractivity contribution is -0.131. The van der Waals surface area contributed by atoms with Crippen LogP contribution in [0.3, 0.4) is 0 Å². The molecule has 5 aliphatic heterocycles. The van der Waals surface area contributed by atoms with Gasteiger partial charge in [-0.05, 0) is 47.7 Å². The van der Waals surface area contributed by atoms with Crippen molar-refractivity contribution in [3.8, 4) is 11.8 Å². The van der Waals surface area contributed by atoms with E-state index in [0.29, 0.717) is 46.6 Å². The Balaban J connectivity index is 0.570. The smallest absolute Gasteiger partial charge is 0.386 e. The zero-order valence-corrected chi connectivity index (χ0v) is 57.0. The van der Waals surface area contributed by atoms with Gasteiger partial charge in [-0.15, -0.1) is 0 Å². The molecule has 3 aromatic carbocycles. The van der Waals surface area contributed by atoms with Crippen molar-refractivity contribution in [1.29, 1.82) is 0 Å². The summed E-state index contributed by atoms with van der Waals surface area (Å²) in [5, 5.41) is 30.3. The largest absolute Gasteiger partial charge is 0.387 e. The number of amides is 7. The first-order chi connectivity index (χ1) is 48.7. The minimum Gasteiger partial charge on any atom is -0.387 e. The summed E-state index contributed by atoms with van der Waals surface area (Å²) in [7, 11) is 0. The van der Waals surface area contributed by atoms with Gasteiger partial charge in [0.2, 0.25) is 41.4 Å². The van der Waals surface area contributed by atoms with Crippen molar-refractivity contribution in [3.63, 3.8) is 0 Å². The number of imidazole rings is 1. The molecule has 33 nitrogen and oxygen atoms in total. The molecule has 532 valence electrons. The molecule has 7 amide bonds. The van der Waals surface area contributed by atoms with E-state index in [4.69, 9.17) is 32.3 Å². The normalized spacial score (nSPS) is 24.1. The number of hydrogen-bond donors (Lipinski definition) is 10. The summed E-state index contributed by atoms with van der Waals surface area (Å²) < 4.78 is 88.8. The average molecular weight is 1470 g/mol. The van der Waals surface area contributed by atoms with Crippen molar-refractivity contribution in [2.24, 2.45) is 0 Å². The van der Waals surface area contributed by atoms with Crippen LogP contribution >= 0.6 is 38.1 Å². The monoisotopic (exact) mass is 1470 g/mol. The number of thiol groups is 2. The van der Waals surface area contributed by atoms with Crippen LogP contribution in [0.5, 0.6) is 0 Å². The van der Waals surface area contributed by atoms with E-state index in [1.54, 1.807) is 53.6 Å². The van der Waals surface area contributed by atoms with Gasteiger partial charge < -0.3 is 66.0 Å². The fourth-order valence-electron chi connectivity index (χ4n) is 11.9. The van der Waals surface area contributed by atoms with E-state index >= 15 is 4.39 Å². The lowest BCUT2D eigenvalue weighted by Crippen LogP contribution is -2.52. The number of hydrogen-bond acceptors (Lipinski definition) is 23. The summed E-state index contributed by atoms with van der Waals surface area (Å²) in [6.45, 7) is -12.4. The number of aliphatic hydroxyl groups is 1. The molecule has 0 spiro atoms. The summed E-state index contributed by atoms with van der Waals surface area (Å²) in [6.07, 6.45) is -6.38. The molecular weight excluding hydrogens is 1400 g/mol. The molecular formula is C63H68FN15O18P2S2. The van der Waals surface area contributed by atoms with E-state index < -0.39 is 156 Å². The topological polar surface area (TPSA) is 409 Å². The van der Waals surface area contributed by atoms with Gasteiger partial charge in [0.25, 0.3) is 5.56 Å². The first-order valence-corrected chi connectivity index (χ1v) is 37.2. The first-order valence-electron chi connectivity index (χ1n) is 31.9. The third kappa shape index (κ3) is 17.3. The first kappa shape index (κ1) is 71.9. The number of aromatic nitrogens is 7. The van der Waals surface area contributed by atoms with Gasteiger partial charge in [-0.3, -0.25) is 65.6 Å². The van der Waals surface area contributed by atoms with Crippen molar-refractivity contribution >= 4 is 113 Å². The predicted molar refractivity (Wildman–Crippen MR) is 362 cm³/mol. The molecule has 0 saturated carbocycles. The van der Waals surface area contributed by atoms with Crippen molar-refractivity contribution < 1.29 is 84.5 Å². The molecule has 0 radical (unpaired) electrons. The van der Waals surface area contributed by atoms with E-state index in [1.807, 2.05) is 36.4 Å². The summed E-state index contributed by atoms with van der Waals surface area (Å²) in [4.78, 5) is 124. The third-order valence-electron chi connectivity index (χ3n) is 16.9. The fourth-order valence-corrected chi connectivity index (χ4v) is 14.8. The minimum absolute atomic E-state index is 0.00140. The van der Waals surface area contributed by atoms with Crippen molar-refractivity contribution in [2.75, 3.05) is 69.5 Å². The highest BCUT2D eigenvalue weighted by molar-refractivity contribution is 8.44. The molecule has 11 atom stereocenters. The van der Waals surface area contributed by atoms with Crippen LogP contribution in [0.4, 0.5) is 15.9 Å². The summed E-state index contributed by atoms with van der Waals surface area (Å²) in [6, 6.07) is 22.2.